The SMILES string of the molecule is O=C(/C=C1\SC(=O)N(CC(=O)Nc2ccc(O)cc2)C1=O)Nc1nccs1. The Hall–Kier alpha value is -3.18. The second kappa shape index (κ2) is 8.01. The molecule has 0 aliphatic carbocycles. The van der Waals surface area contributed by atoms with Gasteiger partial charge >= 0.3 is 0 Å². The number of phenols is 1. The quantitative estimate of drug-likeness (QED) is 0.513. The minimum atomic E-state index is -0.722. The molecule has 1 aromatic carbocycles. The minimum Gasteiger partial charge on any atom is -0.508 e. The lowest BCUT2D eigenvalue weighted by atomic mass is 10.3. The molecule has 1 saturated heterocycles. The van der Waals surface area contributed by atoms with Crippen molar-refractivity contribution >= 4 is 56.9 Å². The van der Waals surface area contributed by atoms with Gasteiger partial charge in [-0.25, -0.2) is 4.98 Å². The van der Waals surface area contributed by atoms with Crippen LogP contribution >= 0.6 is 23.1 Å². The Morgan fingerprint density at radius 2 is 1.93 bits per heavy atom. The number of imide groups is 1. The topological polar surface area (TPSA) is 129 Å². The maximum absolute atomic E-state index is 12.3. The van der Waals surface area contributed by atoms with E-state index in [1.807, 2.05) is 0 Å². The number of nitrogens with zero attached hydrogens (tertiary/aromatic N) is 2. The zero-order valence-corrected chi connectivity index (χ0v) is 15.2. The lowest BCUT2D eigenvalue weighted by molar-refractivity contribution is -0.127. The smallest absolute Gasteiger partial charge is 0.294 e. The van der Waals surface area contributed by atoms with Gasteiger partial charge in [-0.3, -0.25) is 29.4 Å². The standard InChI is InChI=1S/C16H12N4O5S2/c21-10-3-1-9(2-4-10)18-13(23)8-20-14(24)11(27-16(20)25)7-12(22)19-15-17-5-6-26-15/h1-7,21H,8H2,(H,18,23)(H,17,19,22)/b11-7-. The number of thioether (sulfide) groups is 1. The second-order valence-electron chi connectivity index (χ2n) is 5.19. The average molecular weight is 404 g/mol. The predicted molar refractivity (Wildman–Crippen MR) is 100 cm³/mol. The molecule has 2 heterocycles. The van der Waals surface area contributed by atoms with Crippen molar-refractivity contribution in [3.63, 3.8) is 0 Å². The molecule has 11 heteroatoms. The molecule has 0 bridgehead atoms. The normalized spacial score (nSPS) is 15.3. The van der Waals surface area contributed by atoms with Crippen LogP contribution in [0.3, 0.4) is 0 Å². The van der Waals surface area contributed by atoms with Crippen LogP contribution in [0.4, 0.5) is 15.6 Å². The third kappa shape index (κ3) is 4.71. The molecule has 27 heavy (non-hydrogen) atoms. The summed E-state index contributed by atoms with van der Waals surface area (Å²) in [5, 5.41) is 15.6. The highest BCUT2D eigenvalue weighted by molar-refractivity contribution is 8.18. The van der Waals surface area contributed by atoms with Crippen LogP contribution in [-0.4, -0.2) is 44.5 Å². The van der Waals surface area contributed by atoms with Crippen molar-refractivity contribution < 1.29 is 24.3 Å². The van der Waals surface area contributed by atoms with Crippen LogP contribution in [0, 0.1) is 0 Å². The van der Waals surface area contributed by atoms with Gasteiger partial charge in [0.05, 0.1) is 4.91 Å². The lowest BCUT2D eigenvalue weighted by Crippen LogP contribution is -2.36. The highest BCUT2D eigenvalue weighted by Gasteiger charge is 2.36. The lowest BCUT2D eigenvalue weighted by Gasteiger charge is -2.12. The fraction of sp³-hybridized carbons (Fsp3) is 0.0625. The minimum absolute atomic E-state index is 0.0418. The number of carbonyl (C=O) groups is 4. The first-order chi connectivity index (χ1) is 12.9. The number of aromatic hydroxyl groups is 1. The van der Waals surface area contributed by atoms with E-state index in [4.69, 9.17) is 0 Å². The number of carbonyl (C=O) groups excluding carboxylic acids is 4. The van der Waals surface area contributed by atoms with Gasteiger partial charge in [0.1, 0.15) is 12.3 Å². The Bertz CT molecular complexity index is 925. The van der Waals surface area contributed by atoms with Crippen LogP contribution in [0.1, 0.15) is 0 Å². The first-order valence-electron chi connectivity index (χ1n) is 7.47. The summed E-state index contributed by atoms with van der Waals surface area (Å²) in [5.74, 6) is -1.86. The number of hydrogen-bond acceptors (Lipinski definition) is 8. The zero-order valence-electron chi connectivity index (χ0n) is 13.5. The molecule has 1 aromatic heterocycles. The summed E-state index contributed by atoms with van der Waals surface area (Å²) in [7, 11) is 0. The molecule has 138 valence electrons. The Morgan fingerprint density at radius 1 is 1.19 bits per heavy atom. The van der Waals surface area contributed by atoms with Crippen molar-refractivity contribution in [3.05, 3.63) is 46.8 Å². The van der Waals surface area contributed by atoms with Crippen molar-refractivity contribution in [2.45, 2.75) is 0 Å². The number of thiazole rings is 1. The molecule has 2 aromatic rings. The van der Waals surface area contributed by atoms with Gasteiger partial charge in [-0.2, -0.15) is 0 Å². The maximum Gasteiger partial charge on any atom is 0.294 e. The molecule has 9 nitrogen and oxygen atoms in total. The molecule has 0 radical (unpaired) electrons. The van der Waals surface area contributed by atoms with Crippen LogP contribution in [0.5, 0.6) is 5.75 Å². The molecule has 3 rings (SSSR count). The Kier molecular flexibility index (Phi) is 5.52. The van der Waals surface area contributed by atoms with Crippen LogP contribution in [0.25, 0.3) is 0 Å². The summed E-state index contributed by atoms with van der Waals surface area (Å²) in [4.78, 5) is 52.8. The fourth-order valence-electron chi connectivity index (χ4n) is 2.07. The van der Waals surface area contributed by atoms with E-state index >= 15 is 0 Å². The van der Waals surface area contributed by atoms with E-state index in [-0.39, 0.29) is 10.7 Å². The largest absolute Gasteiger partial charge is 0.508 e. The van der Waals surface area contributed by atoms with Gasteiger partial charge in [-0.05, 0) is 36.0 Å². The maximum atomic E-state index is 12.3. The van der Waals surface area contributed by atoms with Gasteiger partial charge < -0.3 is 10.4 Å². The van der Waals surface area contributed by atoms with Crippen LogP contribution in [-0.2, 0) is 14.4 Å². The van der Waals surface area contributed by atoms with E-state index in [0.29, 0.717) is 22.6 Å². The molecule has 0 unspecified atom stereocenters. The van der Waals surface area contributed by atoms with Crippen LogP contribution < -0.4 is 10.6 Å². The van der Waals surface area contributed by atoms with Crippen molar-refractivity contribution in [2.24, 2.45) is 0 Å². The Labute approximate surface area is 161 Å². The van der Waals surface area contributed by atoms with Gasteiger partial charge in [0.25, 0.3) is 17.1 Å². The number of aromatic nitrogens is 1. The third-order valence-corrected chi connectivity index (χ3v) is 4.85. The zero-order chi connectivity index (χ0) is 19.4. The van der Waals surface area contributed by atoms with E-state index in [1.165, 1.54) is 41.8 Å². The average Bonchev–Trinajstić information content (AvgIpc) is 3.21. The number of anilines is 2. The van der Waals surface area contributed by atoms with E-state index in [0.717, 1.165) is 11.0 Å². The van der Waals surface area contributed by atoms with E-state index < -0.39 is 29.5 Å². The molecule has 1 aliphatic rings. The van der Waals surface area contributed by atoms with E-state index in [1.54, 1.807) is 5.38 Å². The predicted octanol–water partition coefficient (Wildman–Crippen LogP) is 2.01. The van der Waals surface area contributed by atoms with E-state index in [9.17, 15) is 24.3 Å². The first kappa shape index (κ1) is 18.6. The highest BCUT2D eigenvalue weighted by Crippen LogP contribution is 2.30. The number of rotatable bonds is 5. The second-order valence-corrected chi connectivity index (χ2v) is 7.08. The molecule has 0 spiro atoms. The van der Waals surface area contributed by atoms with Gasteiger partial charge in [0.15, 0.2) is 5.13 Å². The highest BCUT2D eigenvalue weighted by atomic mass is 32.2. The molecule has 1 aliphatic heterocycles. The van der Waals surface area contributed by atoms with Crippen molar-refractivity contribution in [3.8, 4) is 5.75 Å². The summed E-state index contributed by atoms with van der Waals surface area (Å²) in [5.41, 5.74) is 0.406. The van der Waals surface area contributed by atoms with Crippen LogP contribution in [0.2, 0.25) is 0 Å². The first-order valence-corrected chi connectivity index (χ1v) is 9.17. The van der Waals surface area contributed by atoms with E-state index in [2.05, 4.69) is 15.6 Å². The summed E-state index contributed by atoms with van der Waals surface area (Å²) in [6.07, 6.45) is 2.52. The number of phenolic OH excluding ortho intramolecular Hbond substituents is 1. The van der Waals surface area contributed by atoms with Gasteiger partial charge in [-0.15, -0.1) is 11.3 Å². The molecule has 0 saturated carbocycles. The third-order valence-electron chi connectivity index (χ3n) is 3.25. The Morgan fingerprint density at radius 3 is 2.59 bits per heavy atom. The summed E-state index contributed by atoms with van der Waals surface area (Å²) in [6.45, 7) is -0.489. The molecule has 1 fully saturated rings. The van der Waals surface area contributed by atoms with Gasteiger partial charge in [0, 0.05) is 23.3 Å². The van der Waals surface area contributed by atoms with Crippen molar-refractivity contribution in [1.82, 2.24) is 9.88 Å². The number of nitrogens with one attached hydrogen (secondary N) is 2. The van der Waals surface area contributed by atoms with Crippen LogP contribution in [0.15, 0.2) is 46.8 Å². The molecular formula is C16H12N4O5S2. The molecule has 4 amide bonds. The number of amides is 4. The van der Waals surface area contributed by atoms with Gasteiger partial charge in [0.2, 0.25) is 5.91 Å². The summed E-state index contributed by atoms with van der Waals surface area (Å²) >= 11 is 1.79. The summed E-state index contributed by atoms with van der Waals surface area (Å²) in [6, 6.07) is 5.73. The number of hydrogen-bond donors (Lipinski definition) is 3. The fourth-order valence-corrected chi connectivity index (χ4v) is 3.41. The molecule has 0 atom stereocenters. The molecule has 3 N–H and O–H groups in total. The Balaban J connectivity index is 1.61. The monoisotopic (exact) mass is 404 g/mol. The van der Waals surface area contributed by atoms with Crippen molar-refractivity contribution in [1.29, 1.82) is 0 Å². The molecular weight excluding hydrogens is 392 g/mol. The van der Waals surface area contributed by atoms with Crippen molar-refractivity contribution in [2.75, 3.05) is 17.2 Å². The summed E-state index contributed by atoms with van der Waals surface area (Å²) < 4.78 is 0. The number of benzene rings is 1. The van der Waals surface area contributed by atoms with Gasteiger partial charge in [-0.1, -0.05) is 0 Å².